The average Bonchev–Trinajstić information content (AvgIpc) is 2.58. The monoisotopic (exact) mass is 433 g/mol. The number of ether oxygens (including phenoxy) is 2. The van der Waals surface area contributed by atoms with Gasteiger partial charge in [0.15, 0.2) is 5.92 Å². The first-order valence-corrected chi connectivity index (χ1v) is 13.5. The van der Waals surface area contributed by atoms with Crippen LogP contribution in [0.1, 0.15) is 60.3 Å². The summed E-state index contributed by atoms with van der Waals surface area (Å²) < 4.78 is 16.1. The molecule has 0 saturated heterocycles. The van der Waals surface area contributed by atoms with Gasteiger partial charge in [0.05, 0.1) is 24.3 Å². The van der Waals surface area contributed by atoms with Crippen molar-refractivity contribution in [2.45, 2.75) is 83.8 Å². The highest BCUT2D eigenvalue weighted by atomic mass is 35.5. The zero-order valence-corrected chi connectivity index (χ0v) is 20.1. The summed E-state index contributed by atoms with van der Waals surface area (Å²) in [7, 11) is -1.98. The fraction of sp³-hybridized carbons (Fsp3) is 0.850. The first-order valence-electron chi connectivity index (χ1n) is 10.1. The van der Waals surface area contributed by atoms with Gasteiger partial charge in [-0.15, -0.1) is 16.8 Å². The van der Waals surface area contributed by atoms with Crippen molar-refractivity contribution in [2.24, 2.45) is 17.0 Å². The molecule has 0 bridgehead atoms. The highest BCUT2D eigenvalue weighted by molar-refractivity contribution is 6.74. The molecule has 8 heteroatoms. The molecule has 28 heavy (non-hydrogen) atoms. The summed E-state index contributed by atoms with van der Waals surface area (Å²) in [5.74, 6) is -1.80. The Morgan fingerprint density at radius 2 is 1.71 bits per heavy atom. The van der Waals surface area contributed by atoms with Gasteiger partial charge in [-0.25, -0.2) is 0 Å². The van der Waals surface area contributed by atoms with E-state index in [4.69, 9.17) is 25.6 Å². The van der Waals surface area contributed by atoms with E-state index in [-0.39, 0.29) is 29.5 Å². The van der Waals surface area contributed by atoms with Gasteiger partial charge in [-0.2, -0.15) is 0 Å². The normalized spacial score (nSPS) is 22.2. The number of halogens is 1. The maximum atomic E-state index is 12.2. The third-order valence-electron chi connectivity index (χ3n) is 5.62. The van der Waals surface area contributed by atoms with Gasteiger partial charge in [-0.05, 0) is 63.6 Å². The van der Waals surface area contributed by atoms with Crippen molar-refractivity contribution >= 4 is 37.6 Å². The Bertz CT molecular complexity index is 555. The summed E-state index contributed by atoms with van der Waals surface area (Å²) in [6.07, 6.45) is 2.54. The number of esters is 2. The molecule has 6 nitrogen and oxygen atoms in total. The molecule has 1 aliphatic carbocycles. The third-order valence-corrected chi connectivity index (χ3v) is 10.2. The number of oxime groups is 1. The molecule has 2 unspecified atom stereocenters. The van der Waals surface area contributed by atoms with Crippen LogP contribution in [0.4, 0.5) is 0 Å². The predicted octanol–water partition coefficient (Wildman–Crippen LogP) is 4.90. The second-order valence-corrected chi connectivity index (χ2v) is 14.1. The summed E-state index contributed by atoms with van der Waals surface area (Å²) in [4.78, 5) is 24.4. The fourth-order valence-electron chi connectivity index (χ4n) is 2.79. The van der Waals surface area contributed by atoms with Gasteiger partial charge in [0.2, 0.25) is 0 Å². The van der Waals surface area contributed by atoms with E-state index in [0.717, 1.165) is 12.1 Å². The lowest BCUT2D eigenvalue weighted by Gasteiger charge is -2.34. The van der Waals surface area contributed by atoms with Crippen LogP contribution in [0, 0.1) is 11.8 Å². The Labute approximate surface area is 175 Å². The van der Waals surface area contributed by atoms with Gasteiger partial charge in [0.25, 0.3) is 8.32 Å². The van der Waals surface area contributed by atoms with Gasteiger partial charge >= 0.3 is 11.9 Å². The molecule has 0 aromatic heterocycles. The molecule has 1 fully saturated rings. The summed E-state index contributed by atoms with van der Waals surface area (Å²) in [5.41, 5.74) is 0.853. The van der Waals surface area contributed by atoms with E-state index in [1.165, 1.54) is 0 Å². The van der Waals surface area contributed by atoms with Crippen molar-refractivity contribution in [1.29, 1.82) is 0 Å². The van der Waals surface area contributed by atoms with Gasteiger partial charge in [0.1, 0.15) is 0 Å². The maximum Gasteiger partial charge on any atom is 0.320 e. The molecule has 2 atom stereocenters. The second-order valence-electron chi connectivity index (χ2n) is 8.83. The van der Waals surface area contributed by atoms with Crippen LogP contribution in [-0.2, 0) is 23.6 Å². The standard InChI is InChI=1S/C20H36ClNO5Si/c1-8-25-18(23)15(19(24)26-9-2)12-14-10-11-17(16(21)13-14)22-27-28(6,7)20(3,4)5/h14-16H,8-13H2,1-7H3. The lowest BCUT2D eigenvalue weighted by molar-refractivity contribution is -0.162. The molecular formula is C20H36ClNO5Si. The van der Waals surface area contributed by atoms with Crippen LogP contribution >= 0.6 is 11.6 Å². The minimum atomic E-state index is -1.98. The van der Waals surface area contributed by atoms with Crippen LogP contribution in [0.25, 0.3) is 0 Å². The van der Waals surface area contributed by atoms with E-state index < -0.39 is 26.2 Å². The third kappa shape index (κ3) is 7.06. The van der Waals surface area contributed by atoms with E-state index in [1.54, 1.807) is 13.8 Å². The number of hydrogen-bond donors (Lipinski definition) is 0. The zero-order valence-electron chi connectivity index (χ0n) is 18.3. The van der Waals surface area contributed by atoms with Crippen molar-refractivity contribution in [2.75, 3.05) is 13.2 Å². The minimum absolute atomic E-state index is 0.0720. The summed E-state index contributed by atoms with van der Waals surface area (Å²) in [6, 6.07) is 0. The highest BCUT2D eigenvalue weighted by Crippen LogP contribution is 2.37. The van der Waals surface area contributed by atoms with Crippen molar-refractivity contribution < 1.29 is 23.6 Å². The minimum Gasteiger partial charge on any atom is -0.465 e. The number of alkyl halides is 1. The Morgan fingerprint density at radius 3 is 2.14 bits per heavy atom. The predicted molar refractivity (Wildman–Crippen MR) is 114 cm³/mol. The first-order chi connectivity index (χ1) is 12.9. The van der Waals surface area contributed by atoms with E-state index in [9.17, 15) is 9.59 Å². The molecule has 0 aromatic carbocycles. The molecule has 0 amide bonds. The van der Waals surface area contributed by atoms with Crippen molar-refractivity contribution in [3.8, 4) is 0 Å². The Kier molecular flexibility index (Phi) is 9.47. The lowest BCUT2D eigenvalue weighted by atomic mass is 9.81. The Morgan fingerprint density at radius 1 is 1.18 bits per heavy atom. The molecule has 0 aliphatic heterocycles. The summed E-state index contributed by atoms with van der Waals surface area (Å²) >= 11 is 6.56. The quantitative estimate of drug-likeness (QED) is 0.179. The largest absolute Gasteiger partial charge is 0.465 e. The average molecular weight is 434 g/mol. The lowest BCUT2D eigenvalue weighted by Crippen LogP contribution is -2.40. The molecule has 1 aliphatic rings. The molecule has 1 saturated carbocycles. The molecule has 0 radical (unpaired) electrons. The number of nitrogens with zero attached hydrogens (tertiary/aromatic N) is 1. The number of rotatable bonds is 8. The Balaban J connectivity index is 2.74. The second kappa shape index (κ2) is 10.6. The maximum absolute atomic E-state index is 12.2. The zero-order chi connectivity index (χ0) is 21.5. The summed E-state index contributed by atoms with van der Waals surface area (Å²) in [5, 5.41) is 4.22. The number of carbonyl (C=O) groups excluding carboxylic acids is 2. The molecule has 0 N–H and O–H groups in total. The molecular weight excluding hydrogens is 398 g/mol. The SMILES string of the molecule is CCOC(=O)C(CC1CCC(=NO[Si](C)(C)C(C)(C)C)C(Cl)C1)C(=O)OCC. The molecule has 0 aromatic rings. The van der Waals surface area contributed by atoms with Gasteiger partial charge in [-0.1, -0.05) is 20.8 Å². The molecule has 0 spiro atoms. The van der Waals surface area contributed by atoms with Crippen molar-refractivity contribution in [3.05, 3.63) is 0 Å². The van der Waals surface area contributed by atoms with Gasteiger partial charge in [-0.3, -0.25) is 9.59 Å². The molecule has 0 heterocycles. The van der Waals surface area contributed by atoms with E-state index in [2.05, 4.69) is 39.0 Å². The van der Waals surface area contributed by atoms with Gasteiger partial charge < -0.3 is 14.0 Å². The molecule has 162 valence electrons. The number of hydrogen-bond acceptors (Lipinski definition) is 6. The van der Waals surface area contributed by atoms with Crippen LogP contribution in [-0.4, -0.2) is 44.6 Å². The van der Waals surface area contributed by atoms with Crippen molar-refractivity contribution in [3.63, 3.8) is 0 Å². The molecule has 1 rings (SSSR count). The van der Waals surface area contributed by atoms with Crippen LogP contribution in [0.5, 0.6) is 0 Å². The Hall–Kier alpha value is -1.08. The van der Waals surface area contributed by atoms with Crippen LogP contribution in [0.3, 0.4) is 0 Å². The first kappa shape index (κ1) is 25.0. The van der Waals surface area contributed by atoms with E-state index in [0.29, 0.717) is 19.3 Å². The van der Waals surface area contributed by atoms with Crippen molar-refractivity contribution in [1.82, 2.24) is 0 Å². The van der Waals surface area contributed by atoms with Crippen LogP contribution in [0.2, 0.25) is 18.1 Å². The van der Waals surface area contributed by atoms with E-state index >= 15 is 0 Å². The smallest absolute Gasteiger partial charge is 0.320 e. The summed E-state index contributed by atoms with van der Waals surface area (Å²) in [6.45, 7) is 14.7. The van der Waals surface area contributed by atoms with Gasteiger partial charge in [0, 0.05) is 0 Å². The van der Waals surface area contributed by atoms with Crippen LogP contribution < -0.4 is 0 Å². The van der Waals surface area contributed by atoms with Crippen LogP contribution in [0.15, 0.2) is 5.16 Å². The fourth-order valence-corrected chi connectivity index (χ4v) is 3.81. The number of carbonyl (C=O) groups is 2. The highest BCUT2D eigenvalue weighted by Gasteiger charge is 2.40. The topological polar surface area (TPSA) is 74.2 Å². The van der Waals surface area contributed by atoms with E-state index in [1.807, 2.05) is 0 Å².